The Morgan fingerprint density at radius 3 is 2.84 bits per heavy atom. The lowest BCUT2D eigenvalue weighted by atomic mass is 10.2. The molecule has 0 saturated carbocycles. The molecule has 0 fully saturated rings. The fourth-order valence-electron chi connectivity index (χ4n) is 2.04. The van der Waals surface area contributed by atoms with Crippen LogP contribution in [0.2, 0.25) is 0 Å². The Morgan fingerprint density at radius 1 is 1.42 bits per heavy atom. The highest BCUT2D eigenvalue weighted by atomic mass is 16.5. The Labute approximate surface area is 112 Å². The van der Waals surface area contributed by atoms with E-state index in [4.69, 9.17) is 4.74 Å². The largest absolute Gasteiger partial charge is 0.383 e. The van der Waals surface area contributed by atoms with E-state index in [1.54, 1.807) is 11.7 Å². The molecule has 1 aromatic heterocycles. The number of benzene rings is 1. The van der Waals surface area contributed by atoms with E-state index in [1.165, 1.54) is 0 Å². The Morgan fingerprint density at radius 2 is 2.16 bits per heavy atom. The minimum absolute atomic E-state index is 0.00848. The highest BCUT2D eigenvalue weighted by Gasteiger charge is 2.14. The first-order valence-electron chi connectivity index (χ1n) is 6.34. The average molecular weight is 261 g/mol. The van der Waals surface area contributed by atoms with Gasteiger partial charge < -0.3 is 10.1 Å². The van der Waals surface area contributed by atoms with Crippen LogP contribution in [0.5, 0.6) is 0 Å². The average Bonchev–Trinajstić information content (AvgIpc) is 2.45. The van der Waals surface area contributed by atoms with Crippen molar-refractivity contribution in [2.75, 3.05) is 20.8 Å². The summed E-state index contributed by atoms with van der Waals surface area (Å²) in [5.74, 6) is 0.739. The van der Waals surface area contributed by atoms with Crippen molar-refractivity contribution in [1.29, 1.82) is 0 Å². The second-order valence-corrected chi connectivity index (χ2v) is 4.45. The Balaban J connectivity index is 2.65. The molecule has 0 spiro atoms. The summed E-state index contributed by atoms with van der Waals surface area (Å²) < 4.78 is 6.76. The molecule has 1 atom stereocenters. The highest BCUT2D eigenvalue weighted by Crippen LogP contribution is 2.13. The van der Waals surface area contributed by atoms with Crippen LogP contribution in [-0.2, 0) is 11.3 Å². The quantitative estimate of drug-likeness (QED) is 0.882. The lowest BCUT2D eigenvalue weighted by molar-refractivity contribution is 0.184. The number of hydrogen-bond acceptors (Lipinski definition) is 4. The molecule has 19 heavy (non-hydrogen) atoms. The number of para-hydroxylation sites is 1. The zero-order valence-electron chi connectivity index (χ0n) is 11.5. The van der Waals surface area contributed by atoms with Gasteiger partial charge in [-0.05, 0) is 26.1 Å². The summed E-state index contributed by atoms with van der Waals surface area (Å²) >= 11 is 0. The van der Waals surface area contributed by atoms with Crippen LogP contribution >= 0.6 is 0 Å². The van der Waals surface area contributed by atoms with Crippen molar-refractivity contribution in [3.05, 3.63) is 40.4 Å². The van der Waals surface area contributed by atoms with Crippen molar-refractivity contribution in [3.8, 4) is 0 Å². The van der Waals surface area contributed by atoms with E-state index in [1.807, 2.05) is 38.2 Å². The summed E-state index contributed by atoms with van der Waals surface area (Å²) in [6.45, 7) is 2.98. The second kappa shape index (κ2) is 5.95. The van der Waals surface area contributed by atoms with Gasteiger partial charge in [0.05, 0.1) is 30.1 Å². The third-order valence-electron chi connectivity index (χ3n) is 3.23. The van der Waals surface area contributed by atoms with Gasteiger partial charge in [0, 0.05) is 7.11 Å². The van der Waals surface area contributed by atoms with Crippen LogP contribution < -0.4 is 10.9 Å². The van der Waals surface area contributed by atoms with Gasteiger partial charge in [0.1, 0.15) is 5.82 Å². The summed E-state index contributed by atoms with van der Waals surface area (Å²) in [6, 6.07) is 7.43. The third-order valence-corrected chi connectivity index (χ3v) is 3.23. The number of aromatic nitrogens is 2. The molecule has 1 aromatic carbocycles. The van der Waals surface area contributed by atoms with Gasteiger partial charge in [0.2, 0.25) is 0 Å². The van der Waals surface area contributed by atoms with Crippen LogP contribution in [0.3, 0.4) is 0 Å². The molecule has 102 valence electrons. The maximum atomic E-state index is 12.5. The van der Waals surface area contributed by atoms with Gasteiger partial charge in [0.15, 0.2) is 0 Å². The summed E-state index contributed by atoms with van der Waals surface area (Å²) in [5, 5.41) is 3.77. The van der Waals surface area contributed by atoms with Crippen molar-refractivity contribution in [3.63, 3.8) is 0 Å². The number of nitrogens with zero attached hydrogens (tertiary/aromatic N) is 2. The Bertz CT molecular complexity index is 622. The zero-order chi connectivity index (χ0) is 13.8. The topological polar surface area (TPSA) is 56.2 Å². The molecular weight excluding hydrogens is 242 g/mol. The van der Waals surface area contributed by atoms with Crippen LogP contribution in [0, 0.1) is 0 Å². The standard InChI is InChI=1S/C14H19N3O2/c1-10(15-2)13-16-12-7-5-4-6-11(12)14(18)17(13)8-9-19-3/h4-7,10,15H,8-9H2,1-3H3. The molecule has 1 unspecified atom stereocenters. The molecule has 0 amide bonds. The van der Waals surface area contributed by atoms with E-state index >= 15 is 0 Å². The predicted molar refractivity (Wildman–Crippen MR) is 75.4 cm³/mol. The van der Waals surface area contributed by atoms with E-state index in [0.717, 1.165) is 11.3 Å². The fourth-order valence-corrected chi connectivity index (χ4v) is 2.04. The third kappa shape index (κ3) is 2.67. The first-order valence-corrected chi connectivity index (χ1v) is 6.34. The molecule has 0 aliphatic rings. The fraction of sp³-hybridized carbons (Fsp3) is 0.429. The molecule has 2 rings (SSSR count). The van der Waals surface area contributed by atoms with Crippen molar-refractivity contribution in [2.45, 2.75) is 19.5 Å². The molecule has 5 heteroatoms. The van der Waals surface area contributed by atoms with Gasteiger partial charge in [-0.15, -0.1) is 0 Å². The van der Waals surface area contributed by atoms with Crippen LogP contribution in [0.25, 0.3) is 10.9 Å². The van der Waals surface area contributed by atoms with Crippen LogP contribution in [0.1, 0.15) is 18.8 Å². The number of rotatable bonds is 5. The molecular formula is C14H19N3O2. The molecule has 0 aliphatic carbocycles. The maximum Gasteiger partial charge on any atom is 0.261 e. The van der Waals surface area contributed by atoms with E-state index in [2.05, 4.69) is 10.3 Å². The lowest BCUT2D eigenvalue weighted by Crippen LogP contribution is -2.31. The van der Waals surface area contributed by atoms with Crippen molar-refractivity contribution >= 4 is 10.9 Å². The molecule has 0 radical (unpaired) electrons. The monoisotopic (exact) mass is 261 g/mol. The van der Waals surface area contributed by atoms with Crippen molar-refractivity contribution < 1.29 is 4.74 Å². The smallest absolute Gasteiger partial charge is 0.261 e. The Kier molecular flexibility index (Phi) is 4.29. The van der Waals surface area contributed by atoms with Gasteiger partial charge in [-0.1, -0.05) is 12.1 Å². The van der Waals surface area contributed by atoms with Crippen molar-refractivity contribution in [2.24, 2.45) is 0 Å². The summed E-state index contributed by atoms with van der Waals surface area (Å²) in [4.78, 5) is 17.1. The summed E-state index contributed by atoms with van der Waals surface area (Å²) in [6.07, 6.45) is 0. The molecule has 5 nitrogen and oxygen atoms in total. The van der Waals surface area contributed by atoms with Gasteiger partial charge >= 0.3 is 0 Å². The predicted octanol–water partition coefficient (Wildman–Crippen LogP) is 1.32. The lowest BCUT2D eigenvalue weighted by Gasteiger charge is -2.17. The van der Waals surface area contributed by atoms with E-state index < -0.39 is 0 Å². The summed E-state index contributed by atoms with van der Waals surface area (Å²) in [7, 11) is 3.48. The number of fused-ring (bicyclic) bond motifs is 1. The number of hydrogen-bond donors (Lipinski definition) is 1. The zero-order valence-corrected chi connectivity index (χ0v) is 11.5. The normalized spacial score (nSPS) is 12.8. The van der Waals surface area contributed by atoms with E-state index in [-0.39, 0.29) is 11.6 Å². The molecule has 1 N–H and O–H groups in total. The summed E-state index contributed by atoms with van der Waals surface area (Å²) in [5.41, 5.74) is 0.720. The highest BCUT2D eigenvalue weighted by molar-refractivity contribution is 5.77. The maximum absolute atomic E-state index is 12.5. The van der Waals surface area contributed by atoms with Gasteiger partial charge in [0.25, 0.3) is 5.56 Å². The number of methoxy groups -OCH3 is 1. The van der Waals surface area contributed by atoms with E-state index in [0.29, 0.717) is 18.5 Å². The number of ether oxygens (including phenoxy) is 1. The van der Waals surface area contributed by atoms with Gasteiger partial charge in [-0.2, -0.15) is 0 Å². The Hall–Kier alpha value is -1.72. The first kappa shape index (κ1) is 13.7. The van der Waals surface area contributed by atoms with Crippen LogP contribution in [0.15, 0.2) is 29.1 Å². The molecule has 0 saturated heterocycles. The first-order chi connectivity index (χ1) is 9.19. The van der Waals surface area contributed by atoms with Crippen molar-refractivity contribution in [1.82, 2.24) is 14.9 Å². The minimum Gasteiger partial charge on any atom is -0.383 e. The van der Waals surface area contributed by atoms with Crippen LogP contribution in [-0.4, -0.2) is 30.3 Å². The second-order valence-electron chi connectivity index (χ2n) is 4.45. The van der Waals surface area contributed by atoms with Gasteiger partial charge in [-0.3, -0.25) is 9.36 Å². The van der Waals surface area contributed by atoms with Gasteiger partial charge in [-0.25, -0.2) is 4.98 Å². The molecule has 0 bridgehead atoms. The van der Waals surface area contributed by atoms with E-state index in [9.17, 15) is 4.79 Å². The molecule has 0 aliphatic heterocycles. The molecule has 2 aromatic rings. The number of nitrogens with one attached hydrogen (secondary N) is 1. The SMILES string of the molecule is CNC(C)c1nc2ccccc2c(=O)n1CCOC. The van der Waals surface area contributed by atoms with Crippen LogP contribution in [0.4, 0.5) is 0 Å². The molecule has 1 heterocycles. The minimum atomic E-state index is -0.0141.